The topological polar surface area (TPSA) is 51.7 Å². The molecule has 0 saturated carbocycles. The number of thiophene rings is 1. The summed E-state index contributed by atoms with van der Waals surface area (Å²) in [7, 11) is 0. The van der Waals surface area contributed by atoms with Crippen LogP contribution in [0.2, 0.25) is 0 Å². The second-order valence-electron chi connectivity index (χ2n) is 6.80. The van der Waals surface area contributed by atoms with Gasteiger partial charge in [0.15, 0.2) is 0 Å². The summed E-state index contributed by atoms with van der Waals surface area (Å²) in [5.41, 5.74) is 0.887. The average Bonchev–Trinajstić information content (AvgIpc) is 3.20. The Labute approximate surface area is 151 Å². The Morgan fingerprint density at radius 1 is 1.44 bits per heavy atom. The zero-order valence-corrected chi connectivity index (χ0v) is 15.1. The minimum atomic E-state index is -0.172. The molecule has 4 heterocycles. The van der Waals surface area contributed by atoms with Crippen molar-refractivity contribution in [2.24, 2.45) is 5.92 Å². The van der Waals surface area contributed by atoms with Crippen molar-refractivity contribution in [3.8, 4) is 5.88 Å². The number of carbonyl (C=O) groups excluding carboxylic acids is 1. The van der Waals surface area contributed by atoms with Crippen LogP contribution < -0.4 is 4.74 Å². The van der Waals surface area contributed by atoms with Gasteiger partial charge in [-0.25, -0.2) is 4.98 Å². The van der Waals surface area contributed by atoms with Crippen molar-refractivity contribution in [3.63, 3.8) is 0 Å². The normalized spacial score (nSPS) is 21.3. The van der Waals surface area contributed by atoms with E-state index in [9.17, 15) is 4.79 Å². The van der Waals surface area contributed by atoms with E-state index in [0.717, 1.165) is 29.9 Å². The molecule has 0 N–H and O–H groups in total. The molecule has 5 nitrogen and oxygen atoms in total. The molecule has 0 unspecified atom stereocenters. The highest BCUT2D eigenvalue weighted by Crippen LogP contribution is 2.42. The van der Waals surface area contributed by atoms with Crippen LogP contribution in [0.25, 0.3) is 0 Å². The molecule has 2 saturated heterocycles. The Kier molecular flexibility index (Phi) is 4.48. The maximum Gasteiger partial charge on any atom is 0.264 e. The van der Waals surface area contributed by atoms with Gasteiger partial charge in [-0.3, -0.25) is 4.79 Å². The van der Waals surface area contributed by atoms with E-state index in [1.165, 1.54) is 11.3 Å². The van der Waals surface area contributed by atoms with Gasteiger partial charge < -0.3 is 14.4 Å². The van der Waals surface area contributed by atoms with Crippen LogP contribution in [0.5, 0.6) is 5.88 Å². The summed E-state index contributed by atoms with van der Waals surface area (Å²) in [5.74, 6) is 1.23. The molecule has 0 bridgehead atoms. The van der Waals surface area contributed by atoms with E-state index in [2.05, 4.69) is 4.98 Å². The Bertz CT molecular complexity index is 740. The van der Waals surface area contributed by atoms with E-state index in [-0.39, 0.29) is 11.5 Å². The minimum Gasteiger partial charge on any atom is -0.478 e. The lowest BCUT2D eigenvalue weighted by Crippen LogP contribution is -2.66. The van der Waals surface area contributed by atoms with Crippen LogP contribution >= 0.6 is 11.3 Å². The number of hydrogen-bond donors (Lipinski definition) is 0. The van der Waals surface area contributed by atoms with Gasteiger partial charge in [0.2, 0.25) is 5.88 Å². The van der Waals surface area contributed by atoms with Crippen LogP contribution in [0.15, 0.2) is 35.8 Å². The first-order valence-corrected chi connectivity index (χ1v) is 9.57. The number of amides is 1. The SMILES string of the molecule is Cc1ccsc1C(=O)N1CC2(C1)OCC[C@@H]2CCOc1ccccn1. The average molecular weight is 358 g/mol. The molecule has 4 rings (SSSR count). The monoisotopic (exact) mass is 358 g/mol. The Hall–Kier alpha value is -1.92. The van der Waals surface area contributed by atoms with Crippen molar-refractivity contribution in [2.45, 2.75) is 25.4 Å². The summed E-state index contributed by atoms with van der Waals surface area (Å²) in [5, 5.41) is 1.97. The van der Waals surface area contributed by atoms with Gasteiger partial charge in [0, 0.05) is 18.9 Å². The fourth-order valence-corrected chi connectivity index (χ4v) is 4.65. The molecular formula is C19H22N2O3S. The summed E-state index contributed by atoms with van der Waals surface area (Å²) in [4.78, 5) is 19.5. The molecule has 2 aromatic rings. The van der Waals surface area contributed by atoms with Crippen molar-refractivity contribution in [1.82, 2.24) is 9.88 Å². The lowest BCUT2D eigenvalue weighted by Gasteiger charge is -2.50. The third-order valence-corrected chi connectivity index (χ3v) is 6.22. The maximum atomic E-state index is 12.6. The van der Waals surface area contributed by atoms with Crippen LogP contribution in [0, 0.1) is 12.8 Å². The minimum absolute atomic E-state index is 0.136. The van der Waals surface area contributed by atoms with Gasteiger partial charge in [0.1, 0.15) is 5.60 Å². The van der Waals surface area contributed by atoms with Gasteiger partial charge in [0.25, 0.3) is 5.91 Å². The molecular weight excluding hydrogens is 336 g/mol. The molecule has 1 spiro atoms. The molecule has 0 aliphatic carbocycles. The molecule has 1 atom stereocenters. The number of ether oxygens (including phenoxy) is 2. The Morgan fingerprint density at radius 2 is 2.32 bits per heavy atom. The number of nitrogens with zero attached hydrogens (tertiary/aromatic N) is 2. The predicted molar refractivity (Wildman–Crippen MR) is 96.1 cm³/mol. The first-order chi connectivity index (χ1) is 12.2. The van der Waals surface area contributed by atoms with Gasteiger partial charge in [-0.1, -0.05) is 6.07 Å². The molecule has 2 fully saturated rings. The molecule has 2 aromatic heterocycles. The highest BCUT2D eigenvalue weighted by Gasteiger charge is 2.54. The van der Waals surface area contributed by atoms with Gasteiger partial charge in [-0.2, -0.15) is 0 Å². The number of pyridine rings is 1. The van der Waals surface area contributed by atoms with E-state index in [4.69, 9.17) is 9.47 Å². The summed E-state index contributed by atoms with van der Waals surface area (Å²) in [6.07, 6.45) is 3.69. The third-order valence-electron chi connectivity index (χ3n) is 5.21. The van der Waals surface area contributed by atoms with Crippen LogP contribution in [-0.4, -0.2) is 47.7 Å². The fourth-order valence-electron chi connectivity index (χ4n) is 3.76. The number of hydrogen-bond acceptors (Lipinski definition) is 5. The van der Waals surface area contributed by atoms with Crippen LogP contribution in [0.3, 0.4) is 0 Å². The molecule has 2 aliphatic heterocycles. The second kappa shape index (κ2) is 6.77. The fraction of sp³-hybridized carbons (Fsp3) is 0.474. The second-order valence-corrected chi connectivity index (χ2v) is 7.71. The van der Waals surface area contributed by atoms with Gasteiger partial charge in [-0.15, -0.1) is 11.3 Å². The molecule has 6 heteroatoms. The number of aryl methyl sites for hydroxylation is 1. The van der Waals surface area contributed by atoms with E-state index in [1.54, 1.807) is 6.20 Å². The van der Waals surface area contributed by atoms with E-state index >= 15 is 0 Å². The van der Waals surface area contributed by atoms with E-state index in [0.29, 0.717) is 31.5 Å². The number of rotatable bonds is 5. The Balaban J connectivity index is 1.32. The lowest BCUT2D eigenvalue weighted by atomic mass is 9.79. The predicted octanol–water partition coefficient (Wildman–Crippen LogP) is 3.15. The number of aromatic nitrogens is 1. The molecule has 0 aromatic carbocycles. The summed E-state index contributed by atoms with van der Waals surface area (Å²) in [6.45, 7) is 4.77. The van der Waals surface area contributed by atoms with Gasteiger partial charge in [-0.05, 0) is 48.8 Å². The van der Waals surface area contributed by atoms with Crippen LogP contribution in [0.1, 0.15) is 28.1 Å². The molecule has 25 heavy (non-hydrogen) atoms. The quantitative estimate of drug-likeness (QED) is 0.824. The first-order valence-electron chi connectivity index (χ1n) is 8.69. The molecule has 2 aliphatic rings. The van der Waals surface area contributed by atoms with Gasteiger partial charge in [0.05, 0.1) is 24.6 Å². The van der Waals surface area contributed by atoms with E-state index in [1.807, 2.05) is 41.5 Å². The number of likely N-dealkylation sites (tertiary alicyclic amines) is 1. The standard InChI is InChI=1S/C19H22N2O3S/c1-14-7-11-25-17(14)18(22)21-12-19(13-21)15(6-10-24-19)5-9-23-16-4-2-3-8-20-16/h2-4,7-8,11,15H,5-6,9-10,12-13H2,1H3/t15-/m0/s1. The van der Waals surface area contributed by atoms with Crippen molar-refractivity contribution in [2.75, 3.05) is 26.3 Å². The van der Waals surface area contributed by atoms with Crippen LogP contribution in [0.4, 0.5) is 0 Å². The van der Waals surface area contributed by atoms with Crippen LogP contribution in [-0.2, 0) is 4.74 Å². The molecule has 1 amide bonds. The number of carbonyl (C=O) groups is 1. The van der Waals surface area contributed by atoms with Crippen molar-refractivity contribution in [3.05, 3.63) is 46.3 Å². The zero-order valence-electron chi connectivity index (χ0n) is 14.3. The summed E-state index contributed by atoms with van der Waals surface area (Å²) >= 11 is 1.52. The first kappa shape index (κ1) is 16.5. The summed E-state index contributed by atoms with van der Waals surface area (Å²) in [6, 6.07) is 7.66. The zero-order chi connectivity index (χ0) is 17.3. The third kappa shape index (κ3) is 3.16. The largest absolute Gasteiger partial charge is 0.478 e. The van der Waals surface area contributed by atoms with Crippen molar-refractivity contribution in [1.29, 1.82) is 0 Å². The van der Waals surface area contributed by atoms with Crippen molar-refractivity contribution < 1.29 is 14.3 Å². The molecule has 132 valence electrons. The lowest BCUT2D eigenvalue weighted by molar-refractivity contribution is -0.119. The molecule has 0 radical (unpaired) electrons. The Morgan fingerprint density at radius 3 is 3.04 bits per heavy atom. The van der Waals surface area contributed by atoms with Gasteiger partial charge >= 0.3 is 0 Å². The summed E-state index contributed by atoms with van der Waals surface area (Å²) < 4.78 is 11.8. The highest BCUT2D eigenvalue weighted by molar-refractivity contribution is 7.12. The highest BCUT2D eigenvalue weighted by atomic mass is 32.1. The van der Waals surface area contributed by atoms with E-state index < -0.39 is 0 Å². The maximum absolute atomic E-state index is 12.6. The smallest absolute Gasteiger partial charge is 0.264 e. The van der Waals surface area contributed by atoms with Crippen molar-refractivity contribution >= 4 is 17.2 Å².